The third kappa shape index (κ3) is 58.7. The summed E-state index contributed by atoms with van der Waals surface area (Å²) in [5.41, 5.74) is 6.18. The van der Waals surface area contributed by atoms with Crippen molar-refractivity contribution in [2.45, 2.75) is 0 Å². The largest absolute Gasteiger partial charge is 0.473 e. The maximum absolute atomic E-state index is 4.58. The molecular formula is C96H92N26O3S6. The number of pyridine rings is 3. The highest BCUT2D eigenvalue weighted by Crippen LogP contribution is 2.25. The lowest BCUT2D eigenvalue weighted by Gasteiger charge is -1.91. The summed E-state index contributed by atoms with van der Waals surface area (Å²) in [4.78, 5) is 68.0. The van der Waals surface area contributed by atoms with E-state index in [-0.39, 0.29) is 0 Å². The standard InChI is InChI=1S/C9H7N.C8H7N.C8H6S.C7H6N2.C6H4S2.2C5H5N.4C4H4N2.C4H5N.C4H4O.C4H4S.2C3H4N2.2C3H3NO.2C3H3NS.C2H3N3/c1-2-6-9-8(4-1)5-3-7-10-9;2*1-2-4-8-7(3-1)5-6-9-8;1-2-4-7-6(3-1)8-5-9-7;1-3-7-6-2-4-8-5(1)6;2*1-2-4-6-5-3-1;1-2-6-4-3-5-1;3*1-2-5-4-6-3-1;3*1-2-4-5-3-1;1-2-5-3-4-1;1-2-4-5-3-1;1-2-5-3-4-1;1-2-4-5-3-1;1-2-5-3-4-1;2*1-2-4-5-3-1/h1-7H;1-6,9H;1-6H;1-5H,(H,8,9);1-4H;2*1-5H;4*1-4H;1-5H;2*1-4H;2*1-3H,(H,4,5);4*1-3H;1-2H,(H,3,4,5). The first kappa shape index (κ1) is 103. The number of hydrogen-bond donors (Lipinski definition) is 6. The second-order valence-electron chi connectivity index (χ2n) is 22.7. The number of benzene rings is 4. The van der Waals surface area contributed by atoms with Crippen LogP contribution in [0.4, 0.5) is 0 Å². The van der Waals surface area contributed by atoms with Gasteiger partial charge in [-0.15, -0.1) is 45.3 Å². The number of hydrogen-bond acceptors (Lipinski definition) is 29. The lowest BCUT2D eigenvalue weighted by molar-refractivity contribution is 0.420. The van der Waals surface area contributed by atoms with Crippen LogP contribution in [0.2, 0.25) is 0 Å². The normalized spacial score (nSPS) is 8.76. The van der Waals surface area contributed by atoms with E-state index in [1.165, 1.54) is 85.2 Å². The number of thiophene rings is 4. The van der Waals surface area contributed by atoms with E-state index in [4.69, 9.17) is 0 Å². The highest BCUT2D eigenvalue weighted by atomic mass is 32.1. The molecule has 29 nitrogen and oxygen atoms in total. The fraction of sp³-hybridized carbons (Fsp3) is 0. The fourth-order valence-electron chi connectivity index (χ4n) is 8.16. The van der Waals surface area contributed by atoms with Gasteiger partial charge < -0.3 is 33.3 Å². The van der Waals surface area contributed by atoms with E-state index in [9.17, 15) is 0 Å². The third-order valence-electron chi connectivity index (χ3n) is 13.7. The molecule has 0 saturated carbocycles. The minimum Gasteiger partial charge on any atom is -0.473 e. The number of oxazole rings is 1. The Kier molecular flexibility index (Phi) is 62.0. The smallest absolute Gasteiger partial charge is 0.180 e. The van der Waals surface area contributed by atoms with Gasteiger partial charge in [0.15, 0.2) is 6.39 Å². The first-order valence-electron chi connectivity index (χ1n) is 38.9. The molecule has 4 aromatic carbocycles. The Morgan fingerprint density at radius 2 is 0.847 bits per heavy atom. The number of nitrogens with one attached hydrogen (secondary N) is 6. The first-order valence-corrected chi connectivity index (χ1v) is 44.2. The van der Waals surface area contributed by atoms with Crippen LogP contribution < -0.4 is 0 Å². The maximum atomic E-state index is 4.58. The van der Waals surface area contributed by atoms with Crippen LogP contribution in [0.5, 0.6) is 0 Å². The molecule has 0 amide bonds. The van der Waals surface area contributed by atoms with Crippen molar-refractivity contribution in [1.82, 2.24) is 130 Å². The molecule has 0 radical (unpaired) electrons. The van der Waals surface area contributed by atoms with Gasteiger partial charge in [-0.1, -0.05) is 102 Å². The zero-order valence-electron chi connectivity index (χ0n) is 70.3. The van der Waals surface area contributed by atoms with Crippen molar-refractivity contribution in [2.75, 3.05) is 0 Å². The number of thiazole rings is 1. The molecule has 131 heavy (non-hydrogen) atoms. The van der Waals surface area contributed by atoms with Gasteiger partial charge in [-0.2, -0.15) is 31.8 Å². The second-order valence-corrected chi connectivity index (χ2v) is 27.9. The number of fused-ring (bicyclic) bond motifs is 5. The van der Waals surface area contributed by atoms with Gasteiger partial charge in [-0.05, 0) is 195 Å². The summed E-state index contributed by atoms with van der Waals surface area (Å²) in [6.45, 7) is 0. The van der Waals surface area contributed by atoms with Crippen molar-refractivity contribution in [1.29, 1.82) is 0 Å². The van der Waals surface area contributed by atoms with Gasteiger partial charge in [0, 0.05) is 184 Å². The van der Waals surface area contributed by atoms with E-state index >= 15 is 0 Å². The Bertz CT molecular complexity index is 4960. The molecule has 0 aliphatic carbocycles. The van der Waals surface area contributed by atoms with Gasteiger partial charge in [-0.3, -0.25) is 35.0 Å². The molecule has 0 atom stereocenters. The lowest BCUT2D eigenvalue weighted by Crippen LogP contribution is -1.73. The number of H-pyrrole nitrogens is 6. The van der Waals surface area contributed by atoms with Crippen LogP contribution in [-0.4, -0.2) is 130 Å². The number of nitrogens with zero attached hydrogens (tertiary/aromatic N) is 20. The number of rotatable bonds is 0. The molecule has 0 bridgehead atoms. The first-order chi connectivity index (χ1) is 65.3. The molecule has 22 heterocycles. The Hall–Kier alpha value is -17.0. The highest BCUT2D eigenvalue weighted by Gasteiger charge is 1.93. The molecule has 0 aliphatic heterocycles. The molecule has 0 unspecified atom stereocenters. The van der Waals surface area contributed by atoms with Gasteiger partial charge >= 0.3 is 0 Å². The molecule has 0 saturated heterocycles. The molecule has 26 aromatic rings. The summed E-state index contributed by atoms with van der Waals surface area (Å²) in [7, 11) is 0. The molecule has 6 N–H and O–H groups in total. The monoisotopic (exact) mass is 1850 g/mol. The van der Waals surface area contributed by atoms with Crippen LogP contribution in [0.15, 0.2) is 536 Å². The van der Waals surface area contributed by atoms with Gasteiger partial charge in [0.2, 0.25) is 0 Å². The van der Waals surface area contributed by atoms with Crippen LogP contribution in [0.1, 0.15) is 0 Å². The van der Waals surface area contributed by atoms with E-state index in [0.717, 1.165) is 16.6 Å². The summed E-state index contributed by atoms with van der Waals surface area (Å²) in [6.07, 6.45) is 63.5. The number of para-hydroxylation sites is 4. The minimum absolute atomic E-state index is 1.03. The third-order valence-corrected chi connectivity index (χ3v) is 18.1. The summed E-state index contributed by atoms with van der Waals surface area (Å²) < 4.78 is 21.3. The summed E-state index contributed by atoms with van der Waals surface area (Å²) in [5, 5.41) is 37.0. The average Bonchev–Trinajstić information content (AvgIpc) is 1.42. The number of aromatic amines is 6. The topological polar surface area (TPSA) is 392 Å². The van der Waals surface area contributed by atoms with Crippen LogP contribution in [0.25, 0.3) is 52.3 Å². The molecular weight excluding hydrogens is 1760 g/mol. The SMILES string of the molecule is c1c[nH]cn1.c1cc2sccc2s1.c1cc[nH]c1.c1ccc2[nH]ccc2c1.c1ccc2[nH]cnc2c1.c1ccc2ncccc2c1.c1ccc2sccc2c1.c1ccncc1.c1ccncc1.c1ccoc1.c1ccsc1.c1cn[nH]c1.c1cn[nH]n1.c1cnccn1.c1cncnc1.c1cncnc1.c1cncnc1.c1cnoc1.c1cnsc1.c1cocn1.c1cscn1. The Morgan fingerprint density at radius 1 is 0.260 bits per heavy atom. The van der Waals surface area contributed by atoms with Gasteiger partial charge in [0.1, 0.15) is 31.5 Å². The molecule has 22 aromatic heterocycles. The van der Waals surface area contributed by atoms with Gasteiger partial charge in [0.05, 0.1) is 72.0 Å². The summed E-state index contributed by atoms with van der Waals surface area (Å²) in [6, 6.07) is 79.0. The number of imidazole rings is 2. The predicted molar refractivity (Wildman–Crippen MR) is 529 cm³/mol. The van der Waals surface area contributed by atoms with Crippen molar-refractivity contribution in [3.8, 4) is 0 Å². The van der Waals surface area contributed by atoms with E-state index in [1.54, 1.807) is 260 Å². The van der Waals surface area contributed by atoms with E-state index in [1.807, 2.05) is 192 Å². The fourth-order valence-corrected chi connectivity index (χ4v) is 11.9. The molecule has 660 valence electrons. The molecule has 0 fully saturated rings. The Balaban J connectivity index is 0.000000213. The molecule has 26 rings (SSSR count). The average molecular weight is 1850 g/mol. The quantitative estimate of drug-likeness (QED) is 0.0821. The molecule has 35 heteroatoms. The minimum atomic E-state index is 1.03. The summed E-state index contributed by atoms with van der Waals surface area (Å²) >= 11 is 10.2. The highest BCUT2D eigenvalue weighted by molar-refractivity contribution is 7.25. The second kappa shape index (κ2) is 79.0. The lowest BCUT2D eigenvalue weighted by atomic mass is 10.2. The summed E-state index contributed by atoms with van der Waals surface area (Å²) in [5.74, 6) is 0. The zero-order chi connectivity index (χ0) is 91.3. The number of aromatic nitrogens is 26. The van der Waals surface area contributed by atoms with Crippen molar-refractivity contribution in [3.63, 3.8) is 0 Å². The van der Waals surface area contributed by atoms with E-state index in [2.05, 4.69) is 232 Å². The Labute approximate surface area is 780 Å². The van der Waals surface area contributed by atoms with Crippen molar-refractivity contribution in [3.05, 3.63) is 522 Å². The van der Waals surface area contributed by atoms with Crippen LogP contribution >= 0.6 is 68.2 Å². The van der Waals surface area contributed by atoms with Gasteiger partial charge in [0.25, 0.3) is 0 Å². The molecule has 0 spiro atoms. The van der Waals surface area contributed by atoms with Crippen molar-refractivity contribution in [2.24, 2.45) is 0 Å². The van der Waals surface area contributed by atoms with Gasteiger partial charge in [-0.25, -0.2) is 49.2 Å². The van der Waals surface area contributed by atoms with Crippen LogP contribution in [0, 0.1) is 0 Å². The van der Waals surface area contributed by atoms with Crippen LogP contribution in [-0.2, 0) is 0 Å². The van der Waals surface area contributed by atoms with E-state index < -0.39 is 0 Å². The van der Waals surface area contributed by atoms with Crippen molar-refractivity contribution >= 4 is 121 Å². The number of furan rings is 1. The van der Waals surface area contributed by atoms with Crippen LogP contribution in [0.3, 0.4) is 0 Å². The molecule has 0 aliphatic rings. The maximum Gasteiger partial charge on any atom is 0.180 e. The Morgan fingerprint density at radius 3 is 1.20 bits per heavy atom. The van der Waals surface area contributed by atoms with E-state index in [0.29, 0.717) is 0 Å². The van der Waals surface area contributed by atoms with Crippen molar-refractivity contribution < 1.29 is 13.4 Å². The zero-order valence-corrected chi connectivity index (χ0v) is 75.2. The predicted octanol–water partition coefficient (Wildman–Crippen LogP) is 24.2.